The van der Waals surface area contributed by atoms with Crippen LogP contribution in [0.25, 0.3) is 0 Å². The Bertz CT molecular complexity index is 1350. The van der Waals surface area contributed by atoms with Crippen LogP contribution in [0.15, 0.2) is 109 Å². The monoisotopic (exact) mass is 916 g/mol. The lowest BCUT2D eigenvalue weighted by molar-refractivity contribution is -0.150. The van der Waals surface area contributed by atoms with Gasteiger partial charge in [0.2, 0.25) is 5.91 Å². The third-order valence-electron chi connectivity index (χ3n) is 11.6. The molecule has 0 radical (unpaired) electrons. The van der Waals surface area contributed by atoms with Gasteiger partial charge in [-0.05, 0) is 103 Å². The zero-order chi connectivity index (χ0) is 48.1. The van der Waals surface area contributed by atoms with Crippen LogP contribution >= 0.6 is 0 Å². The van der Waals surface area contributed by atoms with Crippen molar-refractivity contribution < 1.29 is 24.5 Å². The molecule has 0 aromatic heterocycles. The number of hydrogen-bond acceptors (Lipinski definition) is 5. The standard InChI is InChI=1S/C60H101NO5/c1-4-7-10-13-16-19-22-24-26-28-29-31-33-35-38-41-44-47-50-53-60(65)66-56(51-48-45-42-39-37-34-32-30-27-25-23-20-17-14-11-8-5-2)54-59(64)61-57(55-62)58(63)52-49-46-43-40-36-21-18-15-12-9-6-3/h7,10,16-17,19-20,24-27,29,31-32,34-35,38,44,47,56-58,62-63H,4-6,8-9,11-15,18,21-23,28,30,33,36-37,39-43,45-46,48-55H2,1-3H3,(H,61,64)/b10-7-,19-16-,20-17-,26-24-,27-25-,31-29-,34-32-,38-35-,47-44-. The Morgan fingerprint density at radius 1 is 0.455 bits per heavy atom. The number of nitrogens with one attached hydrogen (secondary N) is 1. The van der Waals surface area contributed by atoms with E-state index in [1.807, 2.05) is 6.08 Å². The Labute approximate surface area is 407 Å². The molecule has 3 atom stereocenters. The fourth-order valence-electron chi connectivity index (χ4n) is 7.52. The van der Waals surface area contributed by atoms with Crippen molar-refractivity contribution in [2.75, 3.05) is 6.61 Å². The molecule has 6 nitrogen and oxygen atoms in total. The van der Waals surface area contributed by atoms with E-state index < -0.39 is 18.2 Å². The fraction of sp³-hybridized carbons (Fsp3) is 0.667. The first-order valence-electron chi connectivity index (χ1n) is 27.1. The van der Waals surface area contributed by atoms with Crippen LogP contribution in [-0.2, 0) is 14.3 Å². The van der Waals surface area contributed by atoms with Crippen molar-refractivity contribution in [3.63, 3.8) is 0 Å². The molecule has 0 aliphatic heterocycles. The van der Waals surface area contributed by atoms with Gasteiger partial charge in [0.25, 0.3) is 0 Å². The van der Waals surface area contributed by atoms with Crippen molar-refractivity contribution in [2.45, 2.75) is 251 Å². The number of aliphatic hydroxyl groups is 2. The summed E-state index contributed by atoms with van der Waals surface area (Å²) in [6.07, 6.45) is 71.5. The number of hydrogen-bond donors (Lipinski definition) is 3. The first-order valence-corrected chi connectivity index (χ1v) is 27.1. The molecule has 0 aliphatic carbocycles. The highest BCUT2D eigenvalue weighted by Gasteiger charge is 2.24. The zero-order valence-electron chi connectivity index (χ0n) is 42.8. The second-order valence-electron chi connectivity index (χ2n) is 17.9. The number of unbranched alkanes of at least 4 members (excludes halogenated alkanes) is 17. The Morgan fingerprint density at radius 3 is 1.27 bits per heavy atom. The van der Waals surface area contributed by atoms with Crippen molar-refractivity contribution in [2.24, 2.45) is 0 Å². The van der Waals surface area contributed by atoms with Gasteiger partial charge in [0.1, 0.15) is 6.10 Å². The summed E-state index contributed by atoms with van der Waals surface area (Å²) in [5.74, 6) is -0.603. The number of ether oxygens (including phenoxy) is 1. The molecule has 0 aromatic rings. The summed E-state index contributed by atoms with van der Waals surface area (Å²) < 4.78 is 5.89. The second kappa shape index (κ2) is 52.5. The molecule has 0 aliphatic rings. The molecule has 0 aromatic carbocycles. The van der Waals surface area contributed by atoms with Gasteiger partial charge in [-0.15, -0.1) is 0 Å². The molecule has 3 N–H and O–H groups in total. The predicted molar refractivity (Wildman–Crippen MR) is 287 cm³/mol. The topological polar surface area (TPSA) is 95.9 Å². The number of carbonyl (C=O) groups is 2. The Morgan fingerprint density at radius 2 is 0.818 bits per heavy atom. The van der Waals surface area contributed by atoms with E-state index in [1.165, 1.54) is 77.0 Å². The molecule has 0 rings (SSSR count). The minimum atomic E-state index is -0.813. The molecule has 0 saturated heterocycles. The lowest BCUT2D eigenvalue weighted by Crippen LogP contribution is -2.46. The summed E-state index contributed by atoms with van der Waals surface area (Å²) in [5, 5.41) is 23.8. The lowest BCUT2D eigenvalue weighted by atomic mass is 10.0. The van der Waals surface area contributed by atoms with Gasteiger partial charge in [-0.25, -0.2) is 0 Å². The lowest BCUT2D eigenvalue weighted by Gasteiger charge is -2.24. The largest absolute Gasteiger partial charge is 0.462 e. The van der Waals surface area contributed by atoms with E-state index in [9.17, 15) is 19.8 Å². The average Bonchev–Trinajstić information content (AvgIpc) is 3.31. The number of amides is 1. The number of aliphatic hydroxyl groups excluding tert-OH is 2. The predicted octanol–water partition coefficient (Wildman–Crippen LogP) is 16.7. The molecule has 0 fully saturated rings. The van der Waals surface area contributed by atoms with Crippen LogP contribution in [0.1, 0.15) is 233 Å². The summed E-state index contributed by atoms with van der Waals surface area (Å²) >= 11 is 0. The second-order valence-corrected chi connectivity index (χ2v) is 17.9. The van der Waals surface area contributed by atoms with Crippen molar-refractivity contribution in [3.8, 4) is 0 Å². The molecule has 0 spiro atoms. The highest BCUT2D eigenvalue weighted by atomic mass is 16.5. The van der Waals surface area contributed by atoms with Crippen LogP contribution < -0.4 is 5.32 Å². The molecule has 6 heteroatoms. The zero-order valence-corrected chi connectivity index (χ0v) is 42.8. The summed E-state index contributed by atoms with van der Waals surface area (Å²) in [4.78, 5) is 26.2. The number of allylic oxidation sites excluding steroid dienone is 18. The van der Waals surface area contributed by atoms with E-state index in [4.69, 9.17) is 4.74 Å². The van der Waals surface area contributed by atoms with Crippen LogP contribution in [0.5, 0.6) is 0 Å². The van der Waals surface area contributed by atoms with E-state index in [0.29, 0.717) is 19.3 Å². The van der Waals surface area contributed by atoms with Gasteiger partial charge in [-0.3, -0.25) is 9.59 Å². The maximum Gasteiger partial charge on any atom is 0.306 e. The number of carbonyl (C=O) groups excluding carboxylic acids is 2. The first-order chi connectivity index (χ1) is 32.5. The highest BCUT2D eigenvalue weighted by Crippen LogP contribution is 2.17. The molecule has 0 bridgehead atoms. The van der Waals surface area contributed by atoms with Gasteiger partial charge in [0.15, 0.2) is 0 Å². The van der Waals surface area contributed by atoms with Crippen LogP contribution in [0.3, 0.4) is 0 Å². The van der Waals surface area contributed by atoms with E-state index in [0.717, 1.165) is 103 Å². The molecule has 0 heterocycles. The smallest absolute Gasteiger partial charge is 0.306 e. The first kappa shape index (κ1) is 62.5. The highest BCUT2D eigenvalue weighted by molar-refractivity contribution is 5.77. The van der Waals surface area contributed by atoms with Gasteiger partial charge < -0.3 is 20.3 Å². The number of rotatable bonds is 47. The summed E-state index contributed by atoms with van der Waals surface area (Å²) in [6.45, 7) is 6.31. The van der Waals surface area contributed by atoms with Crippen LogP contribution in [0.2, 0.25) is 0 Å². The summed E-state index contributed by atoms with van der Waals surface area (Å²) in [5.41, 5.74) is 0. The van der Waals surface area contributed by atoms with Gasteiger partial charge in [0.05, 0.1) is 25.2 Å². The molecule has 3 unspecified atom stereocenters. The maximum atomic E-state index is 13.2. The molecule has 1 amide bonds. The van der Waals surface area contributed by atoms with E-state index >= 15 is 0 Å². The van der Waals surface area contributed by atoms with Crippen LogP contribution in [-0.4, -0.2) is 46.9 Å². The van der Waals surface area contributed by atoms with Crippen LogP contribution in [0, 0.1) is 0 Å². The van der Waals surface area contributed by atoms with Gasteiger partial charge in [0, 0.05) is 6.42 Å². The van der Waals surface area contributed by atoms with E-state index in [1.54, 1.807) is 0 Å². The normalized spacial score (nSPS) is 14.1. The molecule has 376 valence electrons. The fourth-order valence-corrected chi connectivity index (χ4v) is 7.52. The van der Waals surface area contributed by atoms with Crippen molar-refractivity contribution in [3.05, 3.63) is 109 Å². The number of esters is 1. The summed E-state index contributed by atoms with van der Waals surface area (Å²) in [6, 6.07) is -0.731. The quantitative estimate of drug-likeness (QED) is 0.0321. The minimum absolute atomic E-state index is 0.0260. The van der Waals surface area contributed by atoms with Crippen molar-refractivity contribution >= 4 is 11.9 Å². The van der Waals surface area contributed by atoms with E-state index in [-0.39, 0.29) is 31.3 Å². The molecular formula is C60H101NO5. The molecular weight excluding hydrogens is 815 g/mol. The molecule has 0 saturated carbocycles. The van der Waals surface area contributed by atoms with Gasteiger partial charge in [-0.2, -0.15) is 0 Å². The van der Waals surface area contributed by atoms with Crippen molar-refractivity contribution in [1.29, 1.82) is 0 Å². The van der Waals surface area contributed by atoms with E-state index in [2.05, 4.69) is 129 Å². The maximum absolute atomic E-state index is 13.2. The SMILES string of the molecule is CC/C=C\C/C=C\C/C=C\C/C=C\C/C=C\C/C=C\CCC(=O)OC(CCCCCC/C=C\C/C=C\C/C=C\CCCCC)CC(=O)NC(CO)C(O)CCCCCCCCCCCCC. The summed E-state index contributed by atoms with van der Waals surface area (Å²) in [7, 11) is 0. The third kappa shape index (κ3) is 47.0. The Hall–Kier alpha value is -3.48. The van der Waals surface area contributed by atoms with Gasteiger partial charge in [-0.1, -0.05) is 226 Å². The molecule has 66 heavy (non-hydrogen) atoms. The minimum Gasteiger partial charge on any atom is -0.462 e. The Balaban J connectivity index is 4.77. The third-order valence-corrected chi connectivity index (χ3v) is 11.6. The Kier molecular flexibility index (Phi) is 49.7. The average molecular weight is 916 g/mol. The van der Waals surface area contributed by atoms with Gasteiger partial charge >= 0.3 is 5.97 Å². The van der Waals surface area contributed by atoms with Crippen LogP contribution in [0.4, 0.5) is 0 Å². The van der Waals surface area contributed by atoms with Crippen molar-refractivity contribution in [1.82, 2.24) is 5.32 Å².